The van der Waals surface area contributed by atoms with Crippen LogP contribution >= 0.6 is 0 Å². The molecule has 0 spiro atoms. The maximum atomic E-state index is 12.8. The van der Waals surface area contributed by atoms with Gasteiger partial charge >= 0.3 is 5.97 Å². The lowest BCUT2D eigenvalue weighted by Gasteiger charge is -2.39. The first-order valence-electron chi connectivity index (χ1n) is 11.2. The molecule has 0 aliphatic heterocycles. The van der Waals surface area contributed by atoms with Crippen molar-refractivity contribution >= 4 is 22.6 Å². The lowest BCUT2D eigenvalue weighted by Crippen LogP contribution is -2.48. The normalized spacial score (nSPS) is 26.2. The molecule has 1 amide bonds. The summed E-state index contributed by atoms with van der Waals surface area (Å²) in [4.78, 5) is 38.0. The van der Waals surface area contributed by atoms with E-state index in [2.05, 4.69) is 31.2 Å². The third kappa shape index (κ3) is 3.44. The van der Waals surface area contributed by atoms with Crippen molar-refractivity contribution in [3.63, 3.8) is 0 Å². The van der Waals surface area contributed by atoms with Crippen LogP contribution in [0.5, 0.6) is 0 Å². The van der Waals surface area contributed by atoms with Gasteiger partial charge in [0.1, 0.15) is 0 Å². The van der Waals surface area contributed by atoms with E-state index in [4.69, 9.17) is 4.74 Å². The minimum Gasteiger partial charge on any atom is -0.451 e. The Labute approximate surface area is 182 Å². The fourth-order valence-electron chi connectivity index (χ4n) is 5.61. The number of esters is 1. The summed E-state index contributed by atoms with van der Waals surface area (Å²) in [6, 6.07) is 6.94. The Morgan fingerprint density at radius 2 is 1.94 bits per heavy atom. The van der Waals surface area contributed by atoms with Crippen molar-refractivity contribution in [2.45, 2.75) is 66.0 Å². The quantitative estimate of drug-likeness (QED) is 0.717. The maximum Gasteiger partial charge on any atom is 0.359 e. The van der Waals surface area contributed by atoms with Crippen molar-refractivity contribution in [2.24, 2.45) is 16.7 Å². The summed E-state index contributed by atoms with van der Waals surface area (Å²) in [5.41, 5.74) is 0.0747. The van der Waals surface area contributed by atoms with Crippen LogP contribution in [0, 0.1) is 16.7 Å². The second-order valence-electron chi connectivity index (χ2n) is 9.73. The molecular formula is C24H31N3O4. The summed E-state index contributed by atoms with van der Waals surface area (Å²) in [7, 11) is 0. The zero-order valence-electron chi connectivity index (χ0n) is 18.7. The third-order valence-corrected chi connectivity index (χ3v) is 7.96. The van der Waals surface area contributed by atoms with Crippen molar-refractivity contribution in [2.75, 3.05) is 6.61 Å². The Bertz CT molecular complexity index is 1090. The predicted molar refractivity (Wildman–Crippen MR) is 118 cm³/mol. The molecule has 2 saturated carbocycles. The smallest absolute Gasteiger partial charge is 0.359 e. The van der Waals surface area contributed by atoms with Crippen LogP contribution in [0.25, 0.3) is 10.8 Å². The van der Waals surface area contributed by atoms with Gasteiger partial charge in [-0.1, -0.05) is 45.9 Å². The van der Waals surface area contributed by atoms with Gasteiger partial charge in [-0.2, -0.15) is 5.10 Å². The molecule has 166 valence electrons. The van der Waals surface area contributed by atoms with Gasteiger partial charge in [-0.15, -0.1) is 0 Å². The summed E-state index contributed by atoms with van der Waals surface area (Å²) >= 11 is 0. The van der Waals surface area contributed by atoms with Crippen LogP contribution in [-0.4, -0.2) is 34.3 Å². The summed E-state index contributed by atoms with van der Waals surface area (Å²) in [5.74, 6) is -0.384. The van der Waals surface area contributed by atoms with Crippen LogP contribution in [0.15, 0.2) is 29.1 Å². The minimum absolute atomic E-state index is 0.0597. The molecule has 7 nitrogen and oxygen atoms in total. The van der Waals surface area contributed by atoms with E-state index in [1.165, 1.54) is 11.1 Å². The van der Waals surface area contributed by atoms with Gasteiger partial charge in [0, 0.05) is 18.0 Å². The topological polar surface area (TPSA) is 90.3 Å². The maximum absolute atomic E-state index is 12.8. The van der Waals surface area contributed by atoms with Gasteiger partial charge in [0.25, 0.3) is 11.5 Å². The Hall–Kier alpha value is -2.70. The summed E-state index contributed by atoms with van der Waals surface area (Å²) in [6.07, 6.45) is 3.98. The van der Waals surface area contributed by atoms with E-state index in [1.54, 1.807) is 24.3 Å². The molecular weight excluding hydrogens is 394 g/mol. The highest BCUT2D eigenvalue weighted by atomic mass is 16.5. The SMILES string of the molecule is CCCn1nc(C(=O)OCC(=O)NC2CC3CCC2(C)C3(C)C)c2ccccc2c1=O. The van der Waals surface area contributed by atoms with Gasteiger partial charge in [-0.05, 0) is 48.5 Å². The number of aromatic nitrogens is 2. The monoisotopic (exact) mass is 425 g/mol. The predicted octanol–water partition coefficient (Wildman–Crippen LogP) is 3.29. The Balaban J connectivity index is 1.47. The summed E-state index contributed by atoms with van der Waals surface area (Å²) in [6.45, 7) is 8.81. The van der Waals surface area contributed by atoms with Crippen LogP contribution in [0.1, 0.15) is 63.9 Å². The minimum atomic E-state index is -0.698. The number of amides is 1. The standard InChI is InChI=1S/C24H31N3O4/c1-5-12-27-21(29)17-9-7-6-8-16(17)20(26-27)22(30)31-14-19(28)25-18-13-15-10-11-24(18,4)23(15,2)3/h6-9,15,18H,5,10-14H2,1-4H3,(H,25,28). The highest BCUT2D eigenvalue weighted by Crippen LogP contribution is 2.65. The van der Waals surface area contributed by atoms with E-state index >= 15 is 0 Å². The van der Waals surface area contributed by atoms with E-state index in [9.17, 15) is 14.4 Å². The van der Waals surface area contributed by atoms with Crippen LogP contribution in [0.2, 0.25) is 0 Å². The molecule has 4 rings (SSSR count). The molecule has 1 aromatic heterocycles. The first-order chi connectivity index (χ1) is 14.7. The Kier molecular flexibility index (Phi) is 5.40. The molecule has 7 heteroatoms. The van der Waals surface area contributed by atoms with Gasteiger partial charge < -0.3 is 10.1 Å². The Morgan fingerprint density at radius 1 is 1.23 bits per heavy atom. The average Bonchev–Trinajstić information content (AvgIpc) is 3.08. The number of carbonyl (C=O) groups is 2. The van der Waals surface area contributed by atoms with E-state index in [0.717, 1.165) is 12.8 Å². The molecule has 1 aromatic carbocycles. The van der Waals surface area contributed by atoms with E-state index < -0.39 is 5.97 Å². The lowest BCUT2D eigenvalue weighted by molar-refractivity contribution is -0.126. The number of hydrogen-bond donors (Lipinski definition) is 1. The highest BCUT2D eigenvalue weighted by molar-refractivity contribution is 6.02. The van der Waals surface area contributed by atoms with Gasteiger partial charge in [0.2, 0.25) is 0 Å². The number of fused-ring (bicyclic) bond motifs is 3. The molecule has 3 unspecified atom stereocenters. The van der Waals surface area contributed by atoms with E-state index in [1.807, 2.05) is 6.92 Å². The van der Waals surface area contributed by atoms with Gasteiger partial charge in [0.05, 0.1) is 5.39 Å². The molecule has 0 saturated heterocycles. The number of aryl methyl sites for hydroxylation is 1. The number of hydrogen-bond acceptors (Lipinski definition) is 5. The molecule has 2 aromatic rings. The molecule has 1 N–H and O–H groups in total. The molecule has 1 heterocycles. The van der Waals surface area contributed by atoms with Crippen molar-refractivity contribution < 1.29 is 14.3 Å². The average molecular weight is 426 g/mol. The summed E-state index contributed by atoms with van der Waals surface area (Å²) < 4.78 is 6.61. The summed E-state index contributed by atoms with van der Waals surface area (Å²) in [5, 5.41) is 8.18. The number of carbonyl (C=O) groups excluding carboxylic acids is 2. The zero-order chi connectivity index (χ0) is 22.4. The molecule has 2 bridgehead atoms. The molecule has 2 fully saturated rings. The van der Waals surface area contributed by atoms with Gasteiger partial charge in [-0.25, -0.2) is 9.48 Å². The first kappa shape index (κ1) is 21.5. The number of benzene rings is 1. The fourth-order valence-corrected chi connectivity index (χ4v) is 5.61. The van der Waals surface area contributed by atoms with Gasteiger partial charge in [0.15, 0.2) is 12.3 Å². The largest absolute Gasteiger partial charge is 0.451 e. The third-order valence-electron chi connectivity index (χ3n) is 7.96. The second-order valence-corrected chi connectivity index (χ2v) is 9.73. The zero-order valence-corrected chi connectivity index (χ0v) is 18.7. The number of nitrogens with zero attached hydrogens (tertiary/aromatic N) is 2. The first-order valence-corrected chi connectivity index (χ1v) is 11.2. The van der Waals surface area contributed by atoms with E-state index in [0.29, 0.717) is 29.7 Å². The van der Waals surface area contributed by atoms with Crippen LogP contribution in [0.3, 0.4) is 0 Å². The molecule has 3 atom stereocenters. The molecule has 31 heavy (non-hydrogen) atoms. The molecule has 2 aliphatic rings. The van der Waals surface area contributed by atoms with Crippen LogP contribution in [-0.2, 0) is 16.1 Å². The number of rotatable bonds is 6. The number of nitrogens with one attached hydrogen (secondary N) is 1. The fraction of sp³-hybridized carbons (Fsp3) is 0.583. The molecule has 2 aliphatic carbocycles. The van der Waals surface area contributed by atoms with Crippen molar-refractivity contribution in [3.8, 4) is 0 Å². The molecule has 0 radical (unpaired) electrons. The lowest BCUT2D eigenvalue weighted by atomic mass is 9.69. The highest BCUT2D eigenvalue weighted by Gasteiger charge is 2.61. The van der Waals surface area contributed by atoms with Crippen molar-refractivity contribution in [3.05, 3.63) is 40.3 Å². The van der Waals surface area contributed by atoms with Gasteiger partial charge in [-0.3, -0.25) is 9.59 Å². The van der Waals surface area contributed by atoms with Crippen LogP contribution in [0.4, 0.5) is 0 Å². The second kappa shape index (κ2) is 7.77. The number of ether oxygens (including phenoxy) is 1. The van der Waals surface area contributed by atoms with E-state index in [-0.39, 0.29) is 40.6 Å². The Morgan fingerprint density at radius 3 is 2.55 bits per heavy atom. The van der Waals surface area contributed by atoms with Crippen molar-refractivity contribution in [1.29, 1.82) is 0 Å². The van der Waals surface area contributed by atoms with Crippen molar-refractivity contribution in [1.82, 2.24) is 15.1 Å². The van der Waals surface area contributed by atoms with Crippen LogP contribution < -0.4 is 10.9 Å².